The molecule has 154 valence electrons. The highest BCUT2D eigenvalue weighted by molar-refractivity contribution is 5.95. The highest BCUT2D eigenvalue weighted by Crippen LogP contribution is 2.34. The molecule has 1 fully saturated rings. The third-order valence-electron chi connectivity index (χ3n) is 5.83. The molecule has 2 aromatic rings. The fraction of sp³-hybridized carbons (Fsp3) is 0.280. The van der Waals surface area contributed by atoms with Crippen LogP contribution in [0.5, 0.6) is 0 Å². The van der Waals surface area contributed by atoms with E-state index in [4.69, 9.17) is 4.74 Å². The molecule has 1 N–H and O–H groups in total. The van der Waals surface area contributed by atoms with Gasteiger partial charge in [-0.3, -0.25) is 4.79 Å². The van der Waals surface area contributed by atoms with E-state index in [0.29, 0.717) is 12.0 Å². The summed E-state index contributed by atoms with van der Waals surface area (Å²) in [6.45, 7) is 1.65. The van der Waals surface area contributed by atoms with Gasteiger partial charge in [0, 0.05) is 5.92 Å². The van der Waals surface area contributed by atoms with Gasteiger partial charge in [0.25, 0.3) is 0 Å². The molecule has 30 heavy (non-hydrogen) atoms. The first kappa shape index (κ1) is 20.1. The molecule has 5 nitrogen and oxygen atoms in total. The average molecular weight is 403 g/mol. The number of imide groups is 1. The summed E-state index contributed by atoms with van der Waals surface area (Å²) < 4.78 is 5.68. The minimum atomic E-state index is -1.01. The molecule has 5 heteroatoms. The molecule has 4 rings (SSSR count). The fourth-order valence-electron chi connectivity index (χ4n) is 4.15. The molecule has 0 saturated carbocycles. The maximum Gasteiger partial charge on any atom is 0.417 e. The van der Waals surface area contributed by atoms with E-state index < -0.39 is 36.2 Å². The molecule has 2 aromatic carbocycles. The molecule has 1 aliphatic carbocycles. The SMILES string of the molecule is C[C@@H](C(=O)N1C(=O)O[C@@H](C2C=CC=C2)[C@@H]1Cc1ccccc1)[C@H](O)c1ccccc1. The van der Waals surface area contributed by atoms with Gasteiger partial charge in [0.05, 0.1) is 18.1 Å². The Balaban J connectivity index is 1.61. The van der Waals surface area contributed by atoms with Crippen LogP contribution in [0.15, 0.2) is 85.0 Å². The molecule has 2 amide bonds. The van der Waals surface area contributed by atoms with Crippen molar-refractivity contribution in [2.45, 2.75) is 31.6 Å². The van der Waals surface area contributed by atoms with Crippen molar-refractivity contribution in [1.29, 1.82) is 0 Å². The van der Waals surface area contributed by atoms with Crippen LogP contribution in [0.2, 0.25) is 0 Å². The zero-order valence-electron chi connectivity index (χ0n) is 16.8. The molecular formula is C25H25NO4. The van der Waals surface area contributed by atoms with Gasteiger partial charge in [-0.1, -0.05) is 91.9 Å². The fourth-order valence-corrected chi connectivity index (χ4v) is 4.15. The summed E-state index contributed by atoms with van der Waals surface area (Å²) in [7, 11) is 0. The van der Waals surface area contributed by atoms with Gasteiger partial charge < -0.3 is 9.84 Å². The lowest BCUT2D eigenvalue weighted by Crippen LogP contribution is -2.47. The number of hydrogen-bond donors (Lipinski definition) is 1. The van der Waals surface area contributed by atoms with Crippen molar-refractivity contribution in [2.75, 3.05) is 0 Å². The van der Waals surface area contributed by atoms with Crippen LogP contribution in [0.25, 0.3) is 0 Å². The normalized spacial score (nSPS) is 22.9. The molecule has 2 aliphatic rings. The highest BCUT2D eigenvalue weighted by atomic mass is 16.6. The third kappa shape index (κ3) is 3.94. The molecule has 0 radical (unpaired) electrons. The molecular weight excluding hydrogens is 378 g/mol. The number of cyclic esters (lactones) is 1. The molecule has 0 aromatic heterocycles. The smallest absolute Gasteiger partial charge is 0.417 e. The van der Waals surface area contributed by atoms with Crippen LogP contribution in [0, 0.1) is 11.8 Å². The lowest BCUT2D eigenvalue weighted by Gasteiger charge is -2.28. The maximum atomic E-state index is 13.4. The van der Waals surface area contributed by atoms with Crippen LogP contribution >= 0.6 is 0 Å². The summed E-state index contributed by atoms with van der Waals surface area (Å²) >= 11 is 0. The number of benzene rings is 2. The quantitative estimate of drug-likeness (QED) is 0.790. The van der Waals surface area contributed by atoms with Gasteiger partial charge in [0.15, 0.2) is 0 Å². The van der Waals surface area contributed by atoms with Crippen molar-refractivity contribution in [3.05, 3.63) is 96.1 Å². The van der Waals surface area contributed by atoms with Gasteiger partial charge in [0.2, 0.25) is 5.91 Å². The second-order valence-electron chi connectivity index (χ2n) is 7.81. The van der Waals surface area contributed by atoms with E-state index in [1.165, 1.54) is 4.90 Å². The van der Waals surface area contributed by atoms with Crippen molar-refractivity contribution in [2.24, 2.45) is 11.8 Å². The minimum absolute atomic E-state index is 0.0742. The van der Waals surface area contributed by atoms with Crippen molar-refractivity contribution < 1.29 is 19.4 Å². The van der Waals surface area contributed by atoms with E-state index in [0.717, 1.165) is 5.56 Å². The van der Waals surface area contributed by atoms with Crippen LogP contribution in [0.1, 0.15) is 24.2 Å². The number of amides is 2. The Morgan fingerprint density at radius 2 is 1.63 bits per heavy atom. The number of carbonyl (C=O) groups excluding carboxylic acids is 2. The first-order valence-corrected chi connectivity index (χ1v) is 10.2. The van der Waals surface area contributed by atoms with Gasteiger partial charge >= 0.3 is 6.09 Å². The van der Waals surface area contributed by atoms with Gasteiger partial charge in [0.1, 0.15) is 6.10 Å². The zero-order chi connectivity index (χ0) is 21.1. The average Bonchev–Trinajstić information content (AvgIpc) is 3.42. The standard InChI is InChI=1S/C25H25NO4/c1-17(22(27)19-12-6-3-7-13-19)24(28)26-21(16-18-10-4-2-5-11-18)23(30-25(26)29)20-14-8-9-15-20/h2-15,17,20-23,27H,16H2,1H3/t17-,21+,22+,23+/m1/s1. The summed E-state index contributed by atoms with van der Waals surface area (Å²) in [4.78, 5) is 27.4. The molecule has 0 bridgehead atoms. The summed E-state index contributed by atoms with van der Waals surface area (Å²) in [5.41, 5.74) is 1.66. The molecule has 4 atom stereocenters. The number of nitrogens with zero attached hydrogens (tertiary/aromatic N) is 1. The van der Waals surface area contributed by atoms with Crippen molar-refractivity contribution in [3.63, 3.8) is 0 Å². The van der Waals surface area contributed by atoms with Crippen LogP contribution < -0.4 is 0 Å². The van der Waals surface area contributed by atoms with Gasteiger partial charge in [-0.2, -0.15) is 0 Å². The number of hydrogen-bond acceptors (Lipinski definition) is 4. The number of rotatable bonds is 6. The Bertz CT molecular complexity index is 942. The van der Waals surface area contributed by atoms with Crippen LogP contribution in [-0.4, -0.2) is 34.2 Å². The monoisotopic (exact) mass is 403 g/mol. The zero-order valence-corrected chi connectivity index (χ0v) is 16.8. The predicted molar refractivity (Wildman–Crippen MR) is 113 cm³/mol. The van der Waals surface area contributed by atoms with Crippen molar-refractivity contribution in [3.8, 4) is 0 Å². The van der Waals surface area contributed by atoms with Gasteiger partial charge in [-0.05, 0) is 17.5 Å². The number of allylic oxidation sites excluding steroid dienone is 2. The van der Waals surface area contributed by atoms with E-state index in [-0.39, 0.29) is 5.92 Å². The number of ether oxygens (including phenoxy) is 1. The van der Waals surface area contributed by atoms with E-state index in [2.05, 4.69) is 0 Å². The Hall–Kier alpha value is -3.18. The summed E-state index contributed by atoms with van der Waals surface area (Å²) in [6.07, 6.45) is 6.18. The Morgan fingerprint density at radius 1 is 1.03 bits per heavy atom. The first-order valence-electron chi connectivity index (χ1n) is 10.2. The van der Waals surface area contributed by atoms with Crippen LogP contribution in [-0.2, 0) is 16.0 Å². The number of carbonyl (C=O) groups is 2. The number of aliphatic hydroxyl groups is 1. The first-order chi connectivity index (χ1) is 14.6. The number of aliphatic hydroxyl groups excluding tert-OH is 1. The van der Waals surface area contributed by atoms with E-state index >= 15 is 0 Å². The van der Waals surface area contributed by atoms with E-state index in [1.54, 1.807) is 19.1 Å². The predicted octanol–water partition coefficient (Wildman–Crippen LogP) is 4.06. The van der Waals surface area contributed by atoms with Gasteiger partial charge in [-0.15, -0.1) is 0 Å². The van der Waals surface area contributed by atoms with Crippen LogP contribution in [0.3, 0.4) is 0 Å². The summed E-state index contributed by atoms with van der Waals surface area (Å²) in [6, 6.07) is 18.3. The summed E-state index contributed by atoms with van der Waals surface area (Å²) in [5.74, 6) is -1.29. The second-order valence-corrected chi connectivity index (χ2v) is 7.81. The molecule has 1 saturated heterocycles. The van der Waals surface area contributed by atoms with Gasteiger partial charge in [-0.25, -0.2) is 9.69 Å². The lowest BCUT2D eigenvalue weighted by atomic mass is 9.90. The largest absolute Gasteiger partial charge is 0.443 e. The third-order valence-corrected chi connectivity index (χ3v) is 5.83. The molecule has 1 heterocycles. The Kier molecular flexibility index (Phi) is 5.81. The summed E-state index contributed by atoms with van der Waals surface area (Å²) in [5, 5.41) is 10.7. The molecule has 1 aliphatic heterocycles. The minimum Gasteiger partial charge on any atom is -0.443 e. The second kappa shape index (κ2) is 8.67. The molecule has 0 spiro atoms. The molecule has 0 unspecified atom stereocenters. The van der Waals surface area contributed by atoms with E-state index in [9.17, 15) is 14.7 Å². The Labute approximate surface area is 176 Å². The Morgan fingerprint density at radius 3 is 2.27 bits per heavy atom. The van der Waals surface area contributed by atoms with E-state index in [1.807, 2.05) is 72.8 Å². The lowest BCUT2D eigenvalue weighted by molar-refractivity contribution is -0.136. The van der Waals surface area contributed by atoms with Crippen molar-refractivity contribution in [1.82, 2.24) is 4.90 Å². The highest BCUT2D eigenvalue weighted by Gasteiger charge is 2.49. The maximum absolute atomic E-state index is 13.4. The van der Waals surface area contributed by atoms with Crippen LogP contribution in [0.4, 0.5) is 4.79 Å². The topological polar surface area (TPSA) is 66.8 Å². The van der Waals surface area contributed by atoms with Crippen molar-refractivity contribution >= 4 is 12.0 Å².